The molecule has 56 heavy (non-hydrogen) atoms. The predicted octanol–water partition coefficient (Wildman–Crippen LogP) is 15.8. The van der Waals surface area contributed by atoms with Crippen LogP contribution in [0, 0.1) is 0 Å². The van der Waals surface area contributed by atoms with Crippen molar-refractivity contribution in [1.82, 2.24) is 0 Å². The number of hydrogen-bond donors (Lipinski definition) is 0. The Labute approximate surface area is 330 Å². The van der Waals surface area contributed by atoms with Crippen molar-refractivity contribution in [3.63, 3.8) is 0 Å². The summed E-state index contributed by atoms with van der Waals surface area (Å²) in [7, 11) is 0. The molecular weight excluding hydrogens is 677 g/mol. The van der Waals surface area contributed by atoms with Crippen LogP contribution in [-0.4, -0.2) is 0 Å². The van der Waals surface area contributed by atoms with Gasteiger partial charge in [0, 0.05) is 34.1 Å². The lowest BCUT2D eigenvalue weighted by atomic mass is 9.84. The van der Waals surface area contributed by atoms with E-state index in [2.05, 4.69) is 236 Å². The number of benzene rings is 9. The number of nitrogens with zero attached hydrogens (tertiary/aromatic N) is 2. The third kappa shape index (κ3) is 6.61. The van der Waals surface area contributed by atoms with E-state index >= 15 is 0 Å². The summed E-state index contributed by atoms with van der Waals surface area (Å²) in [5, 5.41) is 5.06. The Morgan fingerprint density at radius 2 is 0.661 bits per heavy atom. The molecule has 0 heterocycles. The van der Waals surface area contributed by atoms with Crippen molar-refractivity contribution < 1.29 is 0 Å². The first-order chi connectivity index (χ1) is 27.7. The molecule has 2 nitrogen and oxygen atoms in total. The van der Waals surface area contributed by atoms with Gasteiger partial charge in [0.15, 0.2) is 0 Å². The van der Waals surface area contributed by atoms with Crippen LogP contribution >= 0.6 is 0 Å². The first kappa shape index (κ1) is 34.8. The molecule has 0 spiro atoms. The number of fused-ring (bicyclic) bond motifs is 2. The van der Waals surface area contributed by atoms with Crippen molar-refractivity contribution >= 4 is 55.7 Å². The third-order valence-corrected chi connectivity index (χ3v) is 11.1. The zero-order chi connectivity index (χ0) is 37.8. The van der Waals surface area contributed by atoms with Gasteiger partial charge in [-0.05, 0) is 134 Å². The zero-order valence-electron chi connectivity index (χ0n) is 31.9. The maximum Gasteiger partial charge on any atom is 0.0462 e. The van der Waals surface area contributed by atoms with Gasteiger partial charge in [0.25, 0.3) is 0 Å². The molecule has 270 valence electrons. The van der Waals surface area contributed by atoms with E-state index in [4.69, 9.17) is 0 Å². The van der Waals surface area contributed by atoms with Crippen molar-refractivity contribution in [2.24, 2.45) is 0 Å². The monoisotopic (exact) mass is 720 g/mol. The van der Waals surface area contributed by atoms with Crippen LogP contribution in [0.15, 0.2) is 212 Å². The van der Waals surface area contributed by atoms with Crippen LogP contribution in [-0.2, 0) is 0 Å². The van der Waals surface area contributed by atoms with Crippen molar-refractivity contribution in [1.29, 1.82) is 0 Å². The van der Waals surface area contributed by atoms with Gasteiger partial charge in [0.1, 0.15) is 0 Å². The van der Waals surface area contributed by atoms with E-state index in [1.165, 1.54) is 49.4 Å². The maximum absolute atomic E-state index is 2.46. The van der Waals surface area contributed by atoms with Gasteiger partial charge < -0.3 is 9.80 Å². The zero-order valence-corrected chi connectivity index (χ0v) is 31.9. The Morgan fingerprint density at radius 3 is 1.04 bits per heavy atom. The first-order valence-corrected chi connectivity index (χ1v) is 19.7. The van der Waals surface area contributed by atoms with Gasteiger partial charge in [-0.3, -0.25) is 0 Å². The van der Waals surface area contributed by atoms with Crippen LogP contribution in [0.3, 0.4) is 0 Å². The van der Waals surface area contributed by atoms with Crippen LogP contribution in [0.2, 0.25) is 0 Å². The summed E-state index contributed by atoms with van der Waals surface area (Å²) < 4.78 is 0. The van der Waals surface area contributed by atoms with E-state index in [1.54, 1.807) is 0 Å². The van der Waals surface area contributed by atoms with Crippen LogP contribution in [0.5, 0.6) is 0 Å². The molecule has 9 aromatic carbocycles. The molecule has 1 atom stereocenters. The summed E-state index contributed by atoms with van der Waals surface area (Å²) in [6, 6.07) is 76.9. The molecule has 0 aromatic heterocycles. The summed E-state index contributed by atoms with van der Waals surface area (Å²) >= 11 is 0. The average molecular weight is 721 g/mol. The summed E-state index contributed by atoms with van der Waals surface area (Å²) in [5.74, 6) is 0.455. The van der Waals surface area contributed by atoms with Gasteiger partial charge in [-0.25, -0.2) is 0 Å². The molecule has 0 fully saturated rings. The first-order valence-electron chi connectivity index (χ1n) is 19.7. The number of anilines is 6. The smallest absolute Gasteiger partial charge is 0.0462 e. The Kier molecular flexibility index (Phi) is 9.61. The summed E-state index contributed by atoms with van der Waals surface area (Å²) in [4.78, 5) is 4.65. The fourth-order valence-corrected chi connectivity index (χ4v) is 8.12. The second-order valence-electron chi connectivity index (χ2n) is 14.5. The quantitative estimate of drug-likeness (QED) is 0.130. The third-order valence-electron chi connectivity index (χ3n) is 11.1. The minimum absolute atomic E-state index is 0.455. The van der Waals surface area contributed by atoms with Gasteiger partial charge >= 0.3 is 0 Å². The van der Waals surface area contributed by atoms with Crippen molar-refractivity contribution in [3.05, 3.63) is 218 Å². The molecule has 1 unspecified atom stereocenters. The number of rotatable bonds is 10. The Balaban J connectivity index is 1.21. The van der Waals surface area contributed by atoms with Gasteiger partial charge in [0.2, 0.25) is 0 Å². The molecule has 0 aliphatic rings. The highest BCUT2D eigenvalue weighted by atomic mass is 15.1. The molecular formula is C54H44N2. The molecule has 0 bridgehead atoms. The molecule has 0 N–H and O–H groups in total. The second kappa shape index (κ2) is 15.5. The SMILES string of the molecule is CCC(C)c1ccc2c(-c3ccc(N(c4ccccc4)c4ccccc4)cc3)c3ccccc3c(-c3ccc(N(c4ccccc4)c4ccccc4)cc3)c2c1. The highest BCUT2D eigenvalue weighted by Gasteiger charge is 2.20. The van der Waals surface area contributed by atoms with Gasteiger partial charge in [-0.1, -0.05) is 153 Å². The lowest BCUT2D eigenvalue weighted by Gasteiger charge is -2.26. The Bertz CT molecular complexity index is 2630. The minimum Gasteiger partial charge on any atom is -0.311 e. The molecule has 9 rings (SSSR count). The average Bonchev–Trinajstić information content (AvgIpc) is 3.27. The Morgan fingerprint density at radius 1 is 0.339 bits per heavy atom. The van der Waals surface area contributed by atoms with E-state index < -0.39 is 0 Å². The standard InChI is InChI=1S/C54H44N2/c1-3-39(2)42-32-37-51-52(38-42)54(41-30-35-48(36-31-41)56(45-22-12-6-13-23-45)46-24-14-7-15-25-46)50-27-17-16-26-49(50)53(51)40-28-33-47(34-29-40)55(43-18-8-4-9-19-43)44-20-10-5-11-21-44/h4-39H,3H2,1-2H3. The molecule has 0 aliphatic heterocycles. The molecule has 0 radical (unpaired) electrons. The van der Waals surface area contributed by atoms with Crippen LogP contribution in [0.4, 0.5) is 34.1 Å². The molecule has 2 heteroatoms. The van der Waals surface area contributed by atoms with Crippen LogP contribution in [0.25, 0.3) is 43.8 Å². The topological polar surface area (TPSA) is 6.48 Å². The second-order valence-corrected chi connectivity index (χ2v) is 14.5. The largest absolute Gasteiger partial charge is 0.311 e. The fraction of sp³-hybridized carbons (Fsp3) is 0.0741. The lowest BCUT2D eigenvalue weighted by Crippen LogP contribution is -2.09. The van der Waals surface area contributed by atoms with Crippen molar-refractivity contribution in [2.45, 2.75) is 26.2 Å². The van der Waals surface area contributed by atoms with Crippen molar-refractivity contribution in [3.8, 4) is 22.3 Å². The predicted molar refractivity (Wildman–Crippen MR) is 240 cm³/mol. The highest BCUT2D eigenvalue weighted by molar-refractivity contribution is 6.21. The highest BCUT2D eigenvalue weighted by Crippen LogP contribution is 2.46. The van der Waals surface area contributed by atoms with E-state index in [9.17, 15) is 0 Å². The molecule has 0 saturated heterocycles. The maximum atomic E-state index is 2.46. The molecule has 9 aromatic rings. The minimum atomic E-state index is 0.455. The van der Waals surface area contributed by atoms with Crippen LogP contribution < -0.4 is 9.80 Å². The van der Waals surface area contributed by atoms with Crippen LogP contribution in [0.1, 0.15) is 31.7 Å². The fourth-order valence-electron chi connectivity index (χ4n) is 8.12. The normalized spacial score (nSPS) is 11.8. The summed E-state index contributed by atoms with van der Waals surface area (Å²) in [6.45, 7) is 4.62. The lowest BCUT2D eigenvalue weighted by molar-refractivity contribution is 0.735. The summed E-state index contributed by atoms with van der Waals surface area (Å²) in [6.07, 6.45) is 1.09. The van der Waals surface area contributed by atoms with E-state index in [0.29, 0.717) is 5.92 Å². The van der Waals surface area contributed by atoms with E-state index in [0.717, 1.165) is 40.5 Å². The summed E-state index contributed by atoms with van der Waals surface area (Å²) in [5.41, 5.74) is 13.1. The molecule has 0 aliphatic carbocycles. The number of hydrogen-bond acceptors (Lipinski definition) is 2. The van der Waals surface area contributed by atoms with E-state index in [1.807, 2.05) is 0 Å². The van der Waals surface area contributed by atoms with Gasteiger partial charge in [0.05, 0.1) is 0 Å². The Hall–Kier alpha value is -6.90. The molecule has 0 saturated carbocycles. The van der Waals surface area contributed by atoms with Gasteiger partial charge in [-0.2, -0.15) is 0 Å². The molecule has 0 amide bonds. The van der Waals surface area contributed by atoms with Gasteiger partial charge in [-0.15, -0.1) is 0 Å². The number of para-hydroxylation sites is 4. The van der Waals surface area contributed by atoms with Crippen molar-refractivity contribution in [2.75, 3.05) is 9.80 Å². The van der Waals surface area contributed by atoms with E-state index in [-0.39, 0.29) is 0 Å².